The van der Waals surface area contributed by atoms with E-state index in [0.717, 1.165) is 16.9 Å². The number of aryl methyl sites for hydroxylation is 1. The van der Waals surface area contributed by atoms with Crippen molar-refractivity contribution in [1.82, 2.24) is 5.32 Å². The Morgan fingerprint density at radius 3 is 2.61 bits per heavy atom. The van der Waals surface area contributed by atoms with Gasteiger partial charge in [0.25, 0.3) is 0 Å². The highest BCUT2D eigenvalue weighted by Crippen LogP contribution is 2.24. The number of hydrogen-bond donors (Lipinski definition) is 1. The maximum Gasteiger partial charge on any atom is 0.224 e. The molecule has 0 aliphatic heterocycles. The average molecular weight is 334 g/mol. The van der Waals surface area contributed by atoms with Crippen molar-refractivity contribution in [3.05, 3.63) is 58.6 Å². The van der Waals surface area contributed by atoms with Gasteiger partial charge in [-0.25, -0.2) is 0 Å². The molecule has 0 radical (unpaired) electrons. The lowest BCUT2D eigenvalue weighted by Gasteiger charge is -2.10. The molecule has 2 aromatic carbocycles. The number of methoxy groups -OCH3 is 1. The highest BCUT2D eigenvalue weighted by Gasteiger charge is 2.05. The first kappa shape index (κ1) is 17.2. The monoisotopic (exact) mass is 333 g/mol. The second-order valence-electron chi connectivity index (χ2n) is 5.16. The zero-order valence-electron chi connectivity index (χ0n) is 13.3. The van der Waals surface area contributed by atoms with Crippen LogP contribution in [0.25, 0.3) is 0 Å². The molecule has 23 heavy (non-hydrogen) atoms. The Morgan fingerprint density at radius 1 is 1.17 bits per heavy atom. The second kappa shape index (κ2) is 8.44. The van der Waals surface area contributed by atoms with E-state index >= 15 is 0 Å². The molecule has 0 saturated heterocycles. The van der Waals surface area contributed by atoms with Gasteiger partial charge in [-0.15, -0.1) is 0 Å². The molecule has 122 valence electrons. The van der Waals surface area contributed by atoms with Crippen LogP contribution in [0.3, 0.4) is 0 Å². The SMILES string of the molecule is COc1ccc(CC(=O)NCCOc2cc(C)ccc2Cl)cc1. The van der Waals surface area contributed by atoms with Crippen LogP contribution in [0, 0.1) is 6.92 Å². The minimum absolute atomic E-state index is 0.0471. The molecule has 5 heteroatoms. The Balaban J connectivity index is 1.73. The predicted molar refractivity (Wildman–Crippen MR) is 91.4 cm³/mol. The van der Waals surface area contributed by atoms with Crippen LogP contribution in [0.15, 0.2) is 42.5 Å². The Bertz CT molecular complexity index is 656. The molecule has 1 N–H and O–H groups in total. The summed E-state index contributed by atoms with van der Waals surface area (Å²) >= 11 is 6.05. The summed E-state index contributed by atoms with van der Waals surface area (Å²) in [5.41, 5.74) is 2.01. The lowest BCUT2D eigenvalue weighted by Crippen LogP contribution is -2.29. The van der Waals surface area contributed by atoms with Crippen LogP contribution in [0.1, 0.15) is 11.1 Å². The Labute approximate surface area is 141 Å². The zero-order chi connectivity index (χ0) is 16.7. The number of nitrogens with one attached hydrogen (secondary N) is 1. The predicted octanol–water partition coefficient (Wildman–Crippen LogP) is 3.39. The number of hydrogen-bond acceptors (Lipinski definition) is 3. The third kappa shape index (κ3) is 5.49. The van der Waals surface area contributed by atoms with Crippen molar-refractivity contribution in [2.45, 2.75) is 13.3 Å². The number of rotatable bonds is 7. The maximum absolute atomic E-state index is 11.9. The number of benzene rings is 2. The van der Waals surface area contributed by atoms with E-state index in [9.17, 15) is 4.79 Å². The van der Waals surface area contributed by atoms with E-state index in [-0.39, 0.29) is 5.91 Å². The summed E-state index contributed by atoms with van der Waals surface area (Å²) in [5, 5.41) is 3.40. The van der Waals surface area contributed by atoms with Gasteiger partial charge in [-0.05, 0) is 42.3 Å². The Hall–Kier alpha value is -2.20. The van der Waals surface area contributed by atoms with Crippen LogP contribution >= 0.6 is 11.6 Å². The summed E-state index contributed by atoms with van der Waals surface area (Å²) in [6.07, 6.45) is 0.329. The molecule has 0 aliphatic carbocycles. The van der Waals surface area contributed by atoms with Crippen LogP contribution in [0.2, 0.25) is 5.02 Å². The van der Waals surface area contributed by atoms with Crippen molar-refractivity contribution in [3.8, 4) is 11.5 Å². The van der Waals surface area contributed by atoms with Gasteiger partial charge in [0.15, 0.2) is 0 Å². The maximum atomic E-state index is 11.9. The first-order valence-corrected chi connectivity index (χ1v) is 7.75. The first-order chi connectivity index (χ1) is 11.1. The molecule has 1 amide bonds. The van der Waals surface area contributed by atoms with Gasteiger partial charge in [0, 0.05) is 0 Å². The summed E-state index contributed by atoms with van der Waals surface area (Å²) in [6, 6.07) is 13.0. The first-order valence-electron chi connectivity index (χ1n) is 7.37. The van der Waals surface area contributed by atoms with E-state index < -0.39 is 0 Å². The van der Waals surface area contributed by atoms with Crippen molar-refractivity contribution >= 4 is 17.5 Å². The Morgan fingerprint density at radius 2 is 1.91 bits per heavy atom. The second-order valence-corrected chi connectivity index (χ2v) is 5.56. The molecular formula is C18H20ClNO3. The minimum Gasteiger partial charge on any atom is -0.497 e. The van der Waals surface area contributed by atoms with Crippen molar-refractivity contribution in [3.63, 3.8) is 0 Å². The van der Waals surface area contributed by atoms with Crippen LogP contribution in [0.4, 0.5) is 0 Å². The minimum atomic E-state index is -0.0471. The molecular weight excluding hydrogens is 314 g/mol. The number of ether oxygens (including phenoxy) is 2. The van der Waals surface area contributed by atoms with Crippen molar-refractivity contribution in [1.29, 1.82) is 0 Å². The molecule has 0 fully saturated rings. The molecule has 0 aromatic heterocycles. The summed E-state index contributed by atoms with van der Waals surface area (Å²) < 4.78 is 10.7. The molecule has 0 spiro atoms. The van der Waals surface area contributed by atoms with Crippen molar-refractivity contribution in [2.24, 2.45) is 0 Å². The van der Waals surface area contributed by atoms with Crippen LogP contribution < -0.4 is 14.8 Å². The highest BCUT2D eigenvalue weighted by molar-refractivity contribution is 6.32. The van der Waals surface area contributed by atoms with E-state index in [2.05, 4.69) is 5.32 Å². The van der Waals surface area contributed by atoms with Crippen LogP contribution in [-0.4, -0.2) is 26.2 Å². The molecule has 0 heterocycles. The van der Waals surface area contributed by atoms with Gasteiger partial charge < -0.3 is 14.8 Å². The molecule has 0 saturated carbocycles. The van der Waals surface area contributed by atoms with Gasteiger partial charge >= 0.3 is 0 Å². The molecule has 0 atom stereocenters. The molecule has 2 aromatic rings. The van der Waals surface area contributed by atoms with E-state index in [1.54, 1.807) is 13.2 Å². The van der Waals surface area contributed by atoms with Gasteiger partial charge in [-0.1, -0.05) is 29.8 Å². The van der Waals surface area contributed by atoms with Crippen molar-refractivity contribution in [2.75, 3.05) is 20.3 Å². The number of halogens is 1. The summed E-state index contributed by atoms with van der Waals surface area (Å²) in [5.74, 6) is 1.36. The van der Waals surface area contributed by atoms with Crippen LogP contribution in [-0.2, 0) is 11.2 Å². The normalized spacial score (nSPS) is 10.2. The van der Waals surface area contributed by atoms with Gasteiger partial charge in [0.1, 0.15) is 18.1 Å². The summed E-state index contributed by atoms with van der Waals surface area (Å²) in [6.45, 7) is 2.77. The lowest BCUT2D eigenvalue weighted by atomic mass is 10.1. The topological polar surface area (TPSA) is 47.6 Å². The van der Waals surface area contributed by atoms with E-state index in [1.165, 1.54) is 0 Å². The summed E-state index contributed by atoms with van der Waals surface area (Å²) in [7, 11) is 1.61. The molecule has 4 nitrogen and oxygen atoms in total. The Kier molecular flexibility index (Phi) is 6.29. The highest BCUT2D eigenvalue weighted by atomic mass is 35.5. The van der Waals surface area contributed by atoms with E-state index in [0.29, 0.717) is 30.3 Å². The number of carbonyl (C=O) groups is 1. The van der Waals surface area contributed by atoms with Gasteiger partial charge in [0.2, 0.25) is 5.91 Å². The fraction of sp³-hybridized carbons (Fsp3) is 0.278. The standard InChI is InChI=1S/C18H20ClNO3/c1-13-3-8-16(19)17(11-13)23-10-9-20-18(21)12-14-4-6-15(22-2)7-5-14/h3-8,11H,9-10,12H2,1-2H3,(H,20,21). The van der Waals surface area contributed by atoms with Gasteiger partial charge in [-0.3, -0.25) is 4.79 Å². The number of carbonyl (C=O) groups excluding carboxylic acids is 1. The van der Waals surface area contributed by atoms with Gasteiger partial charge in [-0.2, -0.15) is 0 Å². The third-order valence-corrected chi connectivity index (χ3v) is 3.60. The van der Waals surface area contributed by atoms with Crippen molar-refractivity contribution < 1.29 is 14.3 Å². The van der Waals surface area contributed by atoms with E-state index in [4.69, 9.17) is 21.1 Å². The zero-order valence-corrected chi connectivity index (χ0v) is 14.0. The van der Waals surface area contributed by atoms with Crippen LogP contribution in [0.5, 0.6) is 11.5 Å². The lowest BCUT2D eigenvalue weighted by molar-refractivity contribution is -0.120. The molecule has 0 bridgehead atoms. The molecule has 0 unspecified atom stereocenters. The fourth-order valence-electron chi connectivity index (χ4n) is 2.06. The summed E-state index contributed by atoms with van der Waals surface area (Å²) in [4.78, 5) is 11.9. The smallest absolute Gasteiger partial charge is 0.224 e. The molecule has 2 rings (SSSR count). The van der Waals surface area contributed by atoms with E-state index in [1.807, 2.05) is 43.3 Å². The third-order valence-electron chi connectivity index (χ3n) is 3.29. The van der Waals surface area contributed by atoms with Gasteiger partial charge in [0.05, 0.1) is 25.1 Å². The quantitative estimate of drug-likeness (QED) is 0.790. The average Bonchev–Trinajstić information content (AvgIpc) is 2.55. The fourth-order valence-corrected chi connectivity index (χ4v) is 2.24. The molecule has 0 aliphatic rings. The largest absolute Gasteiger partial charge is 0.497 e. The number of amides is 1.